The number of carbonyl (C=O) groups is 2. The van der Waals surface area contributed by atoms with Crippen LogP contribution in [0.1, 0.15) is 32.1 Å². The zero-order valence-corrected chi connectivity index (χ0v) is 25.5. The quantitative estimate of drug-likeness (QED) is 0.0436. The monoisotopic (exact) mass is 644 g/mol. The number of para-hydroxylation sites is 2. The molecule has 10 N–H and O–H groups in total. The number of nitro benzene ring substituents is 1. The second kappa shape index (κ2) is 14.9. The fourth-order valence-corrected chi connectivity index (χ4v) is 4.54. The highest BCUT2D eigenvalue weighted by Gasteiger charge is 2.11. The van der Waals surface area contributed by atoms with E-state index in [0.29, 0.717) is 23.6 Å². The third-order valence-corrected chi connectivity index (χ3v) is 7.02. The third kappa shape index (κ3) is 8.60. The number of hydrogen-bond donors (Lipinski definition) is 7. The predicted molar refractivity (Wildman–Crippen MR) is 186 cm³/mol. The van der Waals surface area contributed by atoms with E-state index in [1.807, 2.05) is 60.7 Å². The zero-order chi connectivity index (χ0) is 34.0. The van der Waals surface area contributed by atoms with Gasteiger partial charge in [-0.3, -0.25) is 30.3 Å². The molecule has 14 nitrogen and oxygen atoms in total. The van der Waals surface area contributed by atoms with Crippen LogP contribution in [0.2, 0.25) is 0 Å². The molecule has 0 saturated heterocycles. The van der Waals surface area contributed by atoms with Crippen LogP contribution in [0.25, 0.3) is 21.8 Å². The molecule has 0 aliphatic rings. The molecule has 0 aliphatic heterocycles. The Morgan fingerprint density at radius 2 is 1.08 bits per heavy atom. The highest BCUT2D eigenvalue weighted by molar-refractivity contribution is 6.07. The fourth-order valence-electron chi connectivity index (χ4n) is 4.54. The van der Waals surface area contributed by atoms with Crippen LogP contribution in [0, 0.1) is 10.1 Å². The number of nitro groups is 1. The first-order valence-corrected chi connectivity index (χ1v) is 14.6. The van der Waals surface area contributed by atoms with Gasteiger partial charge in [0, 0.05) is 39.6 Å². The number of hydrogen-bond acceptors (Lipinski definition) is 7. The maximum Gasteiger partial charge on any atom is 0.274 e. The van der Waals surface area contributed by atoms with Crippen LogP contribution in [0.15, 0.2) is 119 Å². The lowest BCUT2D eigenvalue weighted by molar-refractivity contribution is -0.384. The molecule has 0 bridgehead atoms. The first kappa shape index (κ1) is 32.4. The number of nitrogens with zero attached hydrogens (tertiary/aromatic N) is 3. The average Bonchev–Trinajstić information content (AvgIpc) is 3.73. The van der Waals surface area contributed by atoms with Gasteiger partial charge in [-0.05, 0) is 47.5 Å². The molecule has 0 saturated carbocycles. The number of benzene rings is 4. The highest BCUT2D eigenvalue weighted by Crippen LogP contribution is 2.16. The van der Waals surface area contributed by atoms with Crippen molar-refractivity contribution in [3.63, 3.8) is 0 Å². The van der Waals surface area contributed by atoms with Gasteiger partial charge < -0.3 is 27.2 Å². The fraction of sp³-hybridized carbons (Fsp3) is 0.0588. The molecule has 14 heteroatoms. The van der Waals surface area contributed by atoms with E-state index in [-0.39, 0.29) is 36.0 Å². The minimum atomic E-state index is -0.470. The molecule has 6 aromatic rings. The van der Waals surface area contributed by atoms with Crippen molar-refractivity contribution in [1.29, 1.82) is 0 Å². The number of amides is 2. The maximum atomic E-state index is 12.2. The van der Waals surface area contributed by atoms with Crippen molar-refractivity contribution >= 4 is 56.9 Å². The summed E-state index contributed by atoms with van der Waals surface area (Å²) < 4.78 is 0. The van der Waals surface area contributed by atoms with Crippen molar-refractivity contribution in [3.05, 3.63) is 142 Å². The molecule has 48 heavy (non-hydrogen) atoms. The van der Waals surface area contributed by atoms with E-state index in [1.165, 1.54) is 12.1 Å². The molecule has 6 rings (SSSR count). The minimum absolute atomic E-state index is 0.00724. The van der Waals surface area contributed by atoms with Crippen molar-refractivity contribution in [1.82, 2.24) is 20.6 Å². The Bertz CT molecular complexity index is 2070. The minimum Gasteiger partial charge on any atom is -0.399 e. The van der Waals surface area contributed by atoms with Gasteiger partial charge in [0.15, 0.2) is 11.9 Å². The molecule has 2 heterocycles. The highest BCUT2D eigenvalue weighted by atomic mass is 16.6. The summed E-state index contributed by atoms with van der Waals surface area (Å²) >= 11 is 0. The Hall–Kier alpha value is -6.96. The van der Waals surface area contributed by atoms with Crippen molar-refractivity contribution in [2.45, 2.75) is 13.1 Å². The second-order valence-electron chi connectivity index (χ2n) is 10.5. The second-order valence-corrected chi connectivity index (χ2v) is 10.5. The van der Waals surface area contributed by atoms with Gasteiger partial charge in [0.25, 0.3) is 17.5 Å². The number of aliphatic imine (C=N–C) groups is 2. The topological polar surface area (TPSA) is 236 Å². The number of fused-ring (bicyclic) bond motifs is 2. The van der Waals surface area contributed by atoms with Crippen molar-refractivity contribution < 1.29 is 14.5 Å². The lowest BCUT2D eigenvalue weighted by Crippen LogP contribution is -2.37. The number of non-ortho nitro benzene ring substituents is 1. The molecular formula is C34H32N10O4. The summed E-state index contributed by atoms with van der Waals surface area (Å²) in [7, 11) is 0. The first-order valence-electron chi connectivity index (χ1n) is 14.6. The first-order chi connectivity index (χ1) is 23.1. The number of nitrogen functional groups attached to an aromatic ring is 1. The van der Waals surface area contributed by atoms with E-state index < -0.39 is 4.92 Å². The Balaban J connectivity index is 0.000000188. The van der Waals surface area contributed by atoms with Gasteiger partial charge in [-0.1, -0.05) is 60.7 Å². The van der Waals surface area contributed by atoms with Crippen LogP contribution in [-0.2, 0) is 13.1 Å². The number of nitrogens with two attached hydrogens (primary N) is 3. The van der Waals surface area contributed by atoms with Crippen LogP contribution in [-0.4, -0.2) is 38.6 Å². The Kier molecular flexibility index (Phi) is 10.1. The lowest BCUT2D eigenvalue weighted by Gasteiger charge is -2.03. The van der Waals surface area contributed by atoms with Gasteiger partial charge in [0.1, 0.15) is 11.4 Å². The smallest absolute Gasteiger partial charge is 0.274 e. The van der Waals surface area contributed by atoms with Crippen LogP contribution < -0.4 is 27.8 Å². The number of rotatable bonds is 7. The number of H-pyrrole nitrogens is 2. The van der Waals surface area contributed by atoms with Gasteiger partial charge in [0.2, 0.25) is 0 Å². The SMILES string of the molecule is NC(=NCc1ccc(N)cc1)NC(=O)c1cc2ccccc2[nH]1.NC(=NCc1ccc([N+](=O)[O-])cc1)NC(=O)c1cc2ccccc2[nH]1. The molecule has 242 valence electrons. The largest absolute Gasteiger partial charge is 0.399 e. The summed E-state index contributed by atoms with van der Waals surface area (Å²) in [6, 6.07) is 32.0. The third-order valence-electron chi connectivity index (χ3n) is 7.02. The molecule has 0 unspecified atom stereocenters. The van der Waals surface area contributed by atoms with E-state index in [2.05, 4.69) is 30.6 Å². The standard InChI is InChI=1S/C17H15N5O3.C17H17N5O/c18-17(19-10-11-5-7-13(8-6-11)22(24)25)21-16(23)15-9-12-3-1-2-4-14(12)20-15;18-13-7-5-11(6-8-13)10-20-17(19)22-16(23)15-9-12-3-1-2-4-14(12)21-15/h1-9,20H,10H2,(H3,18,19,21,23);1-9,21H,10,18H2,(H3,19,20,22,23). The Morgan fingerprint density at radius 1 is 0.667 bits per heavy atom. The normalized spacial score (nSPS) is 11.5. The Labute approximate surface area is 273 Å². The molecule has 0 aliphatic carbocycles. The number of guanidine groups is 2. The summed E-state index contributed by atoms with van der Waals surface area (Å²) in [6.07, 6.45) is 0. The van der Waals surface area contributed by atoms with Crippen LogP contribution >= 0.6 is 0 Å². The summed E-state index contributed by atoms with van der Waals surface area (Å²) in [5.41, 5.74) is 22.1. The number of carbonyl (C=O) groups excluding carboxylic acids is 2. The number of aromatic amines is 2. The van der Waals surface area contributed by atoms with Crippen LogP contribution in [0.5, 0.6) is 0 Å². The van der Waals surface area contributed by atoms with Gasteiger partial charge >= 0.3 is 0 Å². The molecule has 4 aromatic carbocycles. The maximum absolute atomic E-state index is 12.2. The Morgan fingerprint density at radius 3 is 1.50 bits per heavy atom. The molecule has 2 amide bonds. The summed E-state index contributed by atoms with van der Waals surface area (Å²) in [6.45, 7) is 0.579. The van der Waals surface area contributed by atoms with E-state index >= 15 is 0 Å². The number of aromatic nitrogens is 2. The van der Waals surface area contributed by atoms with E-state index in [1.54, 1.807) is 36.4 Å². The molecule has 0 spiro atoms. The van der Waals surface area contributed by atoms with Gasteiger partial charge in [-0.2, -0.15) is 0 Å². The van der Waals surface area contributed by atoms with Crippen molar-refractivity contribution in [2.75, 3.05) is 5.73 Å². The van der Waals surface area contributed by atoms with Crippen LogP contribution in [0.4, 0.5) is 11.4 Å². The van der Waals surface area contributed by atoms with E-state index in [9.17, 15) is 19.7 Å². The molecular weight excluding hydrogens is 612 g/mol. The summed E-state index contributed by atoms with van der Waals surface area (Å²) in [5, 5.41) is 17.6. The predicted octanol–water partition coefficient (Wildman–Crippen LogP) is 4.32. The van der Waals surface area contributed by atoms with Gasteiger partial charge in [-0.25, -0.2) is 9.98 Å². The molecule has 0 radical (unpaired) electrons. The lowest BCUT2D eigenvalue weighted by atomic mass is 10.2. The molecule has 0 fully saturated rings. The summed E-state index contributed by atoms with van der Waals surface area (Å²) in [5.74, 6) is -0.659. The van der Waals surface area contributed by atoms with E-state index in [0.717, 1.165) is 32.9 Å². The van der Waals surface area contributed by atoms with Crippen molar-refractivity contribution in [3.8, 4) is 0 Å². The molecule has 0 atom stereocenters. The van der Waals surface area contributed by atoms with Crippen LogP contribution in [0.3, 0.4) is 0 Å². The van der Waals surface area contributed by atoms with Gasteiger partial charge in [-0.15, -0.1) is 0 Å². The van der Waals surface area contributed by atoms with E-state index in [4.69, 9.17) is 17.2 Å². The average molecular weight is 645 g/mol. The van der Waals surface area contributed by atoms with Gasteiger partial charge in [0.05, 0.1) is 18.0 Å². The van der Waals surface area contributed by atoms with Crippen molar-refractivity contribution in [2.24, 2.45) is 21.5 Å². The number of nitrogens with one attached hydrogen (secondary N) is 4. The molecule has 2 aromatic heterocycles. The zero-order valence-electron chi connectivity index (χ0n) is 25.5. The summed E-state index contributed by atoms with van der Waals surface area (Å²) in [4.78, 5) is 48.7. The number of anilines is 1.